The third kappa shape index (κ3) is 3.15. The number of nitrogens with one attached hydrogen (secondary N) is 1. The smallest absolute Gasteiger partial charge is 0.0551 e. The molecule has 1 aromatic rings. The zero-order valence-electron chi connectivity index (χ0n) is 11.2. The van der Waals surface area contributed by atoms with Crippen molar-refractivity contribution in [2.45, 2.75) is 31.3 Å². The first-order valence-corrected chi connectivity index (χ1v) is 8.21. The van der Waals surface area contributed by atoms with Crippen molar-refractivity contribution in [1.82, 2.24) is 10.2 Å². The van der Waals surface area contributed by atoms with Gasteiger partial charge in [-0.3, -0.25) is 4.90 Å². The fourth-order valence-electron chi connectivity index (χ4n) is 3.07. The number of benzene rings is 1. The average Bonchev–Trinajstić information content (AvgIpc) is 3.14. The van der Waals surface area contributed by atoms with Gasteiger partial charge in [0.25, 0.3) is 0 Å². The Kier molecular flexibility index (Phi) is 4.18. The molecular formula is C15H20BrClN2. The van der Waals surface area contributed by atoms with Crippen LogP contribution in [0.4, 0.5) is 0 Å². The molecule has 1 saturated heterocycles. The number of nitrogens with zero attached hydrogens (tertiary/aromatic N) is 1. The number of rotatable bonds is 4. The van der Waals surface area contributed by atoms with E-state index in [4.69, 9.17) is 11.6 Å². The van der Waals surface area contributed by atoms with Gasteiger partial charge in [-0.25, -0.2) is 0 Å². The van der Waals surface area contributed by atoms with Gasteiger partial charge in [-0.2, -0.15) is 0 Å². The summed E-state index contributed by atoms with van der Waals surface area (Å²) >= 11 is 9.71. The lowest BCUT2D eigenvalue weighted by Gasteiger charge is -2.26. The number of hydrogen-bond donors (Lipinski definition) is 1. The van der Waals surface area contributed by atoms with Gasteiger partial charge in [0, 0.05) is 23.1 Å². The number of halogens is 2. The molecule has 1 N–H and O–H groups in total. The Balaban J connectivity index is 1.75. The number of hydrogen-bond acceptors (Lipinski definition) is 2. The molecule has 0 bridgehead atoms. The predicted octanol–water partition coefficient (Wildman–Crippen LogP) is 3.85. The normalized spacial score (nSPS) is 27.9. The topological polar surface area (TPSA) is 15.3 Å². The van der Waals surface area contributed by atoms with Gasteiger partial charge in [-0.15, -0.1) is 0 Å². The van der Waals surface area contributed by atoms with Gasteiger partial charge in [0.2, 0.25) is 0 Å². The first-order chi connectivity index (χ1) is 9.15. The lowest BCUT2D eigenvalue weighted by atomic mass is 9.93. The van der Waals surface area contributed by atoms with Crippen LogP contribution in [0.1, 0.15) is 30.9 Å². The van der Waals surface area contributed by atoms with E-state index in [0.717, 1.165) is 22.1 Å². The zero-order valence-corrected chi connectivity index (χ0v) is 13.5. The maximum Gasteiger partial charge on any atom is 0.0551 e. The third-order valence-corrected chi connectivity index (χ3v) is 5.54. The van der Waals surface area contributed by atoms with Gasteiger partial charge in [-0.1, -0.05) is 17.7 Å². The van der Waals surface area contributed by atoms with Crippen LogP contribution in [0.15, 0.2) is 22.7 Å². The average molecular weight is 344 g/mol. The van der Waals surface area contributed by atoms with E-state index in [1.165, 1.54) is 31.4 Å². The van der Waals surface area contributed by atoms with Crippen LogP contribution in [-0.4, -0.2) is 31.1 Å². The summed E-state index contributed by atoms with van der Waals surface area (Å²) in [5.74, 6) is 0.697. The summed E-state index contributed by atoms with van der Waals surface area (Å²) in [7, 11) is 2.22. The molecule has 0 radical (unpaired) electrons. The Hall–Kier alpha value is -0.0900. The van der Waals surface area contributed by atoms with Crippen LogP contribution < -0.4 is 5.32 Å². The molecule has 1 aromatic carbocycles. The molecule has 2 unspecified atom stereocenters. The fourth-order valence-corrected chi connectivity index (χ4v) is 3.50. The molecule has 2 atom stereocenters. The Morgan fingerprint density at radius 1 is 1.37 bits per heavy atom. The molecule has 2 aliphatic rings. The quantitative estimate of drug-likeness (QED) is 0.893. The highest BCUT2D eigenvalue weighted by Crippen LogP contribution is 2.38. The molecule has 1 aliphatic carbocycles. The van der Waals surface area contributed by atoms with Gasteiger partial charge < -0.3 is 5.32 Å². The Morgan fingerprint density at radius 2 is 2.16 bits per heavy atom. The van der Waals surface area contributed by atoms with E-state index in [2.05, 4.69) is 51.4 Å². The van der Waals surface area contributed by atoms with Crippen LogP contribution in [0.25, 0.3) is 0 Å². The summed E-state index contributed by atoms with van der Waals surface area (Å²) < 4.78 is 0.978. The second kappa shape index (κ2) is 5.72. The standard InChI is InChI=1S/C15H20BrClN2/c1-19-7-6-11(9-18-12-3-4-12)15(19)10-2-5-13(16)14(17)8-10/h2,5,8,11-12,15,18H,3-4,6-7,9H2,1H3. The van der Waals surface area contributed by atoms with E-state index >= 15 is 0 Å². The molecule has 0 aromatic heterocycles. The highest BCUT2D eigenvalue weighted by atomic mass is 79.9. The van der Waals surface area contributed by atoms with Crippen LogP contribution in [0.3, 0.4) is 0 Å². The minimum atomic E-state index is 0.497. The van der Waals surface area contributed by atoms with E-state index in [1.807, 2.05) is 0 Å². The summed E-state index contributed by atoms with van der Waals surface area (Å²) in [6, 6.07) is 7.67. The molecule has 2 nitrogen and oxygen atoms in total. The van der Waals surface area contributed by atoms with E-state index in [0.29, 0.717) is 12.0 Å². The fraction of sp³-hybridized carbons (Fsp3) is 0.600. The first kappa shape index (κ1) is 13.9. The Bertz CT molecular complexity index is 461. The Morgan fingerprint density at radius 3 is 2.84 bits per heavy atom. The lowest BCUT2D eigenvalue weighted by molar-refractivity contribution is 0.272. The molecule has 1 aliphatic heterocycles. The second-order valence-corrected chi connectivity index (χ2v) is 7.09. The van der Waals surface area contributed by atoms with Crippen LogP contribution in [0, 0.1) is 5.92 Å². The maximum atomic E-state index is 6.24. The van der Waals surface area contributed by atoms with E-state index in [1.54, 1.807) is 0 Å². The molecular weight excluding hydrogens is 324 g/mol. The zero-order chi connectivity index (χ0) is 13.4. The molecule has 19 heavy (non-hydrogen) atoms. The lowest BCUT2D eigenvalue weighted by Crippen LogP contribution is -2.29. The highest BCUT2D eigenvalue weighted by Gasteiger charge is 2.34. The summed E-state index contributed by atoms with van der Waals surface area (Å²) in [5, 5.41) is 4.49. The summed E-state index contributed by atoms with van der Waals surface area (Å²) in [6.07, 6.45) is 3.99. The second-order valence-electron chi connectivity index (χ2n) is 5.83. The van der Waals surface area contributed by atoms with Gasteiger partial charge in [0.15, 0.2) is 0 Å². The highest BCUT2D eigenvalue weighted by molar-refractivity contribution is 9.10. The third-order valence-electron chi connectivity index (χ3n) is 4.31. The van der Waals surface area contributed by atoms with Gasteiger partial charge in [0.1, 0.15) is 0 Å². The van der Waals surface area contributed by atoms with Crippen molar-refractivity contribution >= 4 is 27.5 Å². The predicted molar refractivity (Wildman–Crippen MR) is 83.7 cm³/mol. The SMILES string of the molecule is CN1CCC(CNC2CC2)C1c1ccc(Br)c(Cl)c1. The van der Waals surface area contributed by atoms with Crippen LogP contribution in [-0.2, 0) is 0 Å². The van der Waals surface area contributed by atoms with E-state index < -0.39 is 0 Å². The van der Waals surface area contributed by atoms with Crippen molar-refractivity contribution in [2.75, 3.05) is 20.1 Å². The van der Waals surface area contributed by atoms with Crippen LogP contribution >= 0.6 is 27.5 Å². The minimum absolute atomic E-state index is 0.497. The summed E-state index contributed by atoms with van der Waals surface area (Å²) in [4.78, 5) is 2.46. The van der Waals surface area contributed by atoms with Crippen molar-refractivity contribution < 1.29 is 0 Å². The van der Waals surface area contributed by atoms with Gasteiger partial charge >= 0.3 is 0 Å². The monoisotopic (exact) mass is 342 g/mol. The molecule has 1 heterocycles. The molecule has 2 fully saturated rings. The maximum absolute atomic E-state index is 6.24. The molecule has 3 rings (SSSR count). The molecule has 0 spiro atoms. The molecule has 1 saturated carbocycles. The minimum Gasteiger partial charge on any atom is -0.314 e. The van der Waals surface area contributed by atoms with E-state index in [9.17, 15) is 0 Å². The van der Waals surface area contributed by atoms with Crippen molar-refractivity contribution in [2.24, 2.45) is 5.92 Å². The molecule has 104 valence electrons. The molecule has 0 amide bonds. The van der Waals surface area contributed by atoms with Crippen molar-refractivity contribution in [3.05, 3.63) is 33.3 Å². The molecule has 4 heteroatoms. The van der Waals surface area contributed by atoms with Gasteiger partial charge in [0.05, 0.1) is 5.02 Å². The van der Waals surface area contributed by atoms with Crippen molar-refractivity contribution in [1.29, 1.82) is 0 Å². The summed E-state index contributed by atoms with van der Waals surface area (Å²) in [6.45, 7) is 2.31. The van der Waals surface area contributed by atoms with Crippen LogP contribution in [0.5, 0.6) is 0 Å². The largest absolute Gasteiger partial charge is 0.314 e. The van der Waals surface area contributed by atoms with Crippen LogP contribution in [0.2, 0.25) is 5.02 Å². The first-order valence-electron chi connectivity index (χ1n) is 7.03. The van der Waals surface area contributed by atoms with Crippen molar-refractivity contribution in [3.63, 3.8) is 0 Å². The van der Waals surface area contributed by atoms with E-state index in [-0.39, 0.29) is 0 Å². The van der Waals surface area contributed by atoms with Gasteiger partial charge in [-0.05, 0) is 72.4 Å². The Labute approximate surface area is 128 Å². The van der Waals surface area contributed by atoms with Crippen molar-refractivity contribution in [3.8, 4) is 0 Å². The number of likely N-dealkylation sites (tertiary alicyclic amines) is 1. The summed E-state index contributed by atoms with van der Waals surface area (Å²) in [5.41, 5.74) is 1.34.